The number of hydrogen-bond acceptors (Lipinski definition) is 6. The number of thiophene rings is 1. The van der Waals surface area contributed by atoms with E-state index >= 15 is 0 Å². The van der Waals surface area contributed by atoms with Gasteiger partial charge < -0.3 is 4.74 Å². The van der Waals surface area contributed by atoms with Crippen molar-refractivity contribution in [2.75, 3.05) is 13.1 Å². The van der Waals surface area contributed by atoms with E-state index in [1.165, 1.54) is 0 Å². The van der Waals surface area contributed by atoms with E-state index in [9.17, 15) is 9.59 Å². The minimum atomic E-state index is -0.695. The fourth-order valence-corrected chi connectivity index (χ4v) is 4.47. The number of hydrogen-bond donors (Lipinski definition) is 0. The minimum absolute atomic E-state index is 0.140. The quantitative estimate of drug-likeness (QED) is 0.749. The average molecular weight is 378 g/mol. The van der Waals surface area contributed by atoms with Gasteiger partial charge in [-0.2, -0.15) is 0 Å². The molecule has 0 amide bonds. The maximum atomic E-state index is 13.3. The zero-order valence-corrected chi connectivity index (χ0v) is 17.0. The Kier molecular flexibility index (Phi) is 5.48. The molecule has 1 aliphatic rings. The first-order valence-electron chi connectivity index (χ1n) is 9.23. The number of fused-ring (bicyclic) bond motifs is 1. The highest BCUT2D eigenvalue weighted by Gasteiger charge is 2.26. The Balaban J connectivity index is 2.12. The van der Waals surface area contributed by atoms with E-state index in [0.717, 1.165) is 41.2 Å². The molecule has 1 fully saturated rings. The van der Waals surface area contributed by atoms with Crippen LogP contribution in [0.4, 0.5) is 0 Å². The average Bonchev–Trinajstić information content (AvgIpc) is 3.15. The number of carbonyl (C=O) groups is 1. The second kappa shape index (κ2) is 7.48. The maximum Gasteiger partial charge on any atom is 0.329 e. The van der Waals surface area contributed by atoms with Crippen molar-refractivity contribution in [2.45, 2.75) is 66.2 Å². The summed E-state index contributed by atoms with van der Waals surface area (Å²) in [4.78, 5) is 34.7. The molecule has 0 spiro atoms. The number of esters is 1. The Bertz CT molecular complexity index is 878. The van der Waals surface area contributed by atoms with E-state index in [-0.39, 0.29) is 11.7 Å². The van der Waals surface area contributed by atoms with Gasteiger partial charge in [0.15, 0.2) is 0 Å². The Morgan fingerprint density at radius 3 is 2.50 bits per heavy atom. The molecule has 1 aliphatic heterocycles. The zero-order valence-electron chi connectivity index (χ0n) is 16.2. The predicted octanol–water partition coefficient (Wildman–Crippen LogP) is 3.18. The number of nitrogens with zero attached hydrogens (tertiary/aromatic N) is 3. The summed E-state index contributed by atoms with van der Waals surface area (Å²) < 4.78 is 6.90. The van der Waals surface area contributed by atoms with Gasteiger partial charge in [0, 0.05) is 4.88 Å². The van der Waals surface area contributed by atoms with E-state index < -0.39 is 12.0 Å². The van der Waals surface area contributed by atoms with Crippen molar-refractivity contribution in [2.24, 2.45) is 0 Å². The predicted molar refractivity (Wildman–Crippen MR) is 104 cm³/mol. The van der Waals surface area contributed by atoms with Crippen LogP contribution in [0.5, 0.6) is 0 Å². The molecule has 0 radical (unpaired) electrons. The van der Waals surface area contributed by atoms with Gasteiger partial charge in [-0.3, -0.25) is 14.3 Å². The number of ether oxygens (including phenoxy) is 1. The number of carbonyl (C=O) groups excluding carboxylic acids is 1. The molecule has 1 saturated heterocycles. The molecule has 0 aliphatic carbocycles. The second-order valence-electron chi connectivity index (χ2n) is 7.31. The Hall–Kier alpha value is -1.73. The standard InChI is InChI=1S/C19H27N3O3S/c1-11(2)25-19(24)13(4)22-15(10-21-8-6-7-9-21)20-17-16(18(22)23)12(3)14(5)26-17/h11,13H,6-10H2,1-5H3. The normalized spacial score (nSPS) is 16.5. The van der Waals surface area contributed by atoms with Gasteiger partial charge in [-0.25, -0.2) is 9.78 Å². The van der Waals surface area contributed by atoms with Crippen molar-refractivity contribution in [3.63, 3.8) is 0 Å². The third kappa shape index (κ3) is 3.55. The largest absolute Gasteiger partial charge is 0.461 e. The van der Waals surface area contributed by atoms with Gasteiger partial charge in [-0.15, -0.1) is 11.3 Å². The molecule has 0 saturated carbocycles. The van der Waals surface area contributed by atoms with Crippen LogP contribution in [0, 0.1) is 13.8 Å². The lowest BCUT2D eigenvalue weighted by Crippen LogP contribution is -2.35. The highest BCUT2D eigenvalue weighted by atomic mass is 32.1. The molecule has 0 bridgehead atoms. The van der Waals surface area contributed by atoms with Gasteiger partial charge >= 0.3 is 5.97 Å². The highest BCUT2D eigenvalue weighted by Crippen LogP contribution is 2.27. The van der Waals surface area contributed by atoms with Gasteiger partial charge in [0.25, 0.3) is 5.56 Å². The number of likely N-dealkylation sites (tertiary alicyclic amines) is 1. The summed E-state index contributed by atoms with van der Waals surface area (Å²) in [6.45, 7) is 11.9. The van der Waals surface area contributed by atoms with Crippen LogP contribution in [-0.4, -0.2) is 39.6 Å². The lowest BCUT2D eigenvalue weighted by atomic mass is 10.2. The molecule has 0 aromatic carbocycles. The summed E-state index contributed by atoms with van der Waals surface area (Å²) in [7, 11) is 0. The molecule has 3 rings (SSSR count). The van der Waals surface area contributed by atoms with Crippen LogP contribution >= 0.6 is 11.3 Å². The molecule has 1 atom stereocenters. The van der Waals surface area contributed by atoms with E-state index in [2.05, 4.69) is 4.90 Å². The first-order chi connectivity index (χ1) is 12.3. The molecule has 26 heavy (non-hydrogen) atoms. The molecule has 1 unspecified atom stereocenters. The van der Waals surface area contributed by atoms with Gasteiger partial charge in [0.1, 0.15) is 16.7 Å². The molecule has 2 aromatic rings. The number of aromatic nitrogens is 2. The van der Waals surface area contributed by atoms with E-state index in [1.807, 2.05) is 27.7 Å². The van der Waals surface area contributed by atoms with E-state index in [4.69, 9.17) is 9.72 Å². The molecule has 2 aromatic heterocycles. The summed E-state index contributed by atoms with van der Waals surface area (Å²) in [6.07, 6.45) is 2.10. The molecule has 0 N–H and O–H groups in total. The van der Waals surface area contributed by atoms with Crippen molar-refractivity contribution in [3.05, 3.63) is 26.6 Å². The number of aryl methyl sites for hydroxylation is 2. The Morgan fingerprint density at radius 2 is 1.88 bits per heavy atom. The molecule has 7 heteroatoms. The summed E-state index contributed by atoms with van der Waals surface area (Å²) in [6, 6.07) is -0.695. The lowest BCUT2D eigenvalue weighted by molar-refractivity contribution is -0.151. The molecule has 6 nitrogen and oxygen atoms in total. The first kappa shape index (κ1) is 19.0. The van der Waals surface area contributed by atoms with Gasteiger partial charge in [-0.05, 0) is 66.1 Å². The topological polar surface area (TPSA) is 64.4 Å². The van der Waals surface area contributed by atoms with Crippen LogP contribution in [0.3, 0.4) is 0 Å². The van der Waals surface area contributed by atoms with Crippen molar-refractivity contribution in [1.82, 2.24) is 14.5 Å². The van der Waals surface area contributed by atoms with E-state index in [0.29, 0.717) is 17.8 Å². The van der Waals surface area contributed by atoms with Crippen LogP contribution < -0.4 is 5.56 Å². The smallest absolute Gasteiger partial charge is 0.329 e. The minimum Gasteiger partial charge on any atom is -0.461 e. The SMILES string of the molecule is Cc1sc2nc(CN3CCCC3)n(C(C)C(=O)OC(C)C)c(=O)c2c1C. The van der Waals surface area contributed by atoms with Gasteiger partial charge in [0.2, 0.25) is 0 Å². The summed E-state index contributed by atoms with van der Waals surface area (Å²) in [5.41, 5.74) is 0.813. The summed E-state index contributed by atoms with van der Waals surface area (Å²) in [5, 5.41) is 0.627. The summed E-state index contributed by atoms with van der Waals surface area (Å²) >= 11 is 1.55. The van der Waals surface area contributed by atoms with Crippen molar-refractivity contribution in [1.29, 1.82) is 0 Å². The maximum absolute atomic E-state index is 13.3. The van der Waals surface area contributed by atoms with Crippen LogP contribution in [0.15, 0.2) is 4.79 Å². The van der Waals surface area contributed by atoms with Crippen LogP contribution in [0.2, 0.25) is 0 Å². The van der Waals surface area contributed by atoms with Crippen molar-refractivity contribution < 1.29 is 9.53 Å². The van der Waals surface area contributed by atoms with Crippen LogP contribution in [-0.2, 0) is 16.1 Å². The third-order valence-electron chi connectivity index (χ3n) is 4.95. The fraction of sp³-hybridized carbons (Fsp3) is 0.632. The van der Waals surface area contributed by atoms with Gasteiger partial charge in [-0.1, -0.05) is 0 Å². The van der Waals surface area contributed by atoms with Crippen LogP contribution in [0.25, 0.3) is 10.2 Å². The van der Waals surface area contributed by atoms with Crippen molar-refractivity contribution in [3.8, 4) is 0 Å². The number of rotatable bonds is 5. The molecule has 3 heterocycles. The third-order valence-corrected chi connectivity index (χ3v) is 6.05. The Labute approximate surface area is 157 Å². The zero-order chi connectivity index (χ0) is 19.0. The van der Waals surface area contributed by atoms with Gasteiger partial charge in [0.05, 0.1) is 18.0 Å². The van der Waals surface area contributed by atoms with Crippen LogP contribution in [0.1, 0.15) is 55.9 Å². The lowest BCUT2D eigenvalue weighted by Gasteiger charge is -2.22. The monoisotopic (exact) mass is 377 g/mol. The molecule has 142 valence electrons. The molecular weight excluding hydrogens is 350 g/mol. The Morgan fingerprint density at radius 1 is 1.23 bits per heavy atom. The molecular formula is C19H27N3O3S. The van der Waals surface area contributed by atoms with E-state index in [1.54, 1.807) is 22.8 Å². The van der Waals surface area contributed by atoms with Crippen molar-refractivity contribution >= 4 is 27.5 Å². The second-order valence-corrected chi connectivity index (χ2v) is 8.51. The summed E-state index contributed by atoms with van der Waals surface area (Å²) in [5.74, 6) is 0.259. The first-order valence-corrected chi connectivity index (χ1v) is 10.0. The fourth-order valence-electron chi connectivity index (χ4n) is 3.44. The highest BCUT2D eigenvalue weighted by molar-refractivity contribution is 7.18.